The SMILES string of the molecule is Cc1ccc(N2C(=O)C(CC(C)(C)c3cccc(C(F)(F)F)n3)=CC2c2cccc(OC(F)F)c2)cc1. The van der Waals surface area contributed by atoms with Crippen LogP contribution in [0.1, 0.15) is 48.8 Å². The van der Waals surface area contributed by atoms with Gasteiger partial charge in [0, 0.05) is 22.4 Å². The van der Waals surface area contributed by atoms with Crippen LogP contribution in [0.15, 0.2) is 78.4 Å². The lowest BCUT2D eigenvalue weighted by Gasteiger charge is -2.27. The van der Waals surface area contributed by atoms with Crippen LogP contribution in [-0.2, 0) is 16.4 Å². The van der Waals surface area contributed by atoms with Gasteiger partial charge in [0.05, 0.1) is 6.04 Å². The Hall–Kier alpha value is -3.75. The number of aromatic nitrogens is 1. The molecule has 3 aromatic rings. The van der Waals surface area contributed by atoms with Gasteiger partial charge in [0.2, 0.25) is 0 Å². The van der Waals surface area contributed by atoms with E-state index in [1.807, 2.05) is 19.1 Å². The number of anilines is 1. The quantitative estimate of drug-likeness (QED) is 0.308. The Morgan fingerprint density at radius 2 is 1.62 bits per heavy atom. The highest BCUT2D eigenvalue weighted by atomic mass is 19.4. The van der Waals surface area contributed by atoms with Gasteiger partial charge in [-0.3, -0.25) is 9.69 Å². The molecule has 4 rings (SSSR count). The van der Waals surface area contributed by atoms with E-state index in [1.54, 1.807) is 49.1 Å². The molecule has 0 saturated carbocycles. The number of benzene rings is 2. The first-order valence-corrected chi connectivity index (χ1v) is 11.6. The van der Waals surface area contributed by atoms with E-state index >= 15 is 0 Å². The summed E-state index contributed by atoms with van der Waals surface area (Å²) in [6.45, 7) is 2.36. The van der Waals surface area contributed by atoms with E-state index in [9.17, 15) is 26.7 Å². The van der Waals surface area contributed by atoms with Crippen LogP contribution in [0.4, 0.5) is 27.6 Å². The van der Waals surface area contributed by atoms with Crippen LogP contribution >= 0.6 is 0 Å². The first-order valence-electron chi connectivity index (χ1n) is 11.6. The van der Waals surface area contributed by atoms with Crippen LogP contribution in [0.3, 0.4) is 0 Å². The van der Waals surface area contributed by atoms with Crippen molar-refractivity contribution in [3.05, 3.63) is 101 Å². The third-order valence-electron chi connectivity index (χ3n) is 6.23. The van der Waals surface area contributed by atoms with Crippen molar-refractivity contribution in [2.45, 2.75) is 51.4 Å². The molecule has 1 atom stereocenters. The molecule has 0 spiro atoms. The molecular formula is C28H25F5N2O2. The molecule has 0 radical (unpaired) electrons. The molecule has 2 heterocycles. The summed E-state index contributed by atoms with van der Waals surface area (Å²) in [6, 6.07) is 16.5. The Morgan fingerprint density at radius 1 is 0.973 bits per heavy atom. The van der Waals surface area contributed by atoms with Gasteiger partial charge in [0.25, 0.3) is 5.91 Å². The van der Waals surface area contributed by atoms with E-state index in [2.05, 4.69) is 9.72 Å². The van der Waals surface area contributed by atoms with Gasteiger partial charge in [0.15, 0.2) is 0 Å². The van der Waals surface area contributed by atoms with Crippen molar-refractivity contribution < 1.29 is 31.5 Å². The zero-order valence-electron chi connectivity index (χ0n) is 20.4. The number of ether oxygens (including phenoxy) is 1. The van der Waals surface area contributed by atoms with Crippen molar-refractivity contribution in [1.29, 1.82) is 0 Å². The van der Waals surface area contributed by atoms with Gasteiger partial charge in [-0.1, -0.05) is 49.7 Å². The Bertz CT molecular complexity index is 1320. The molecule has 4 nitrogen and oxygen atoms in total. The molecule has 1 aliphatic rings. The number of amides is 1. The lowest BCUT2D eigenvalue weighted by atomic mass is 9.81. The number of hydrogen-bond donors (Lipinski definition) is 0. The van der Waals surface area contributed by atoms with Crippen LogP contribution in [0.2, 0.25) is 0 Å². The Balaban J connectivity index is 1.72. The van der Waals surface area contributed by atoms with Crippen LogP contribution in [0.5, 0.6) is 5.75 Å². The summed E-state index contributed by atoms with van der Waals surface area (Å²) >= 11 is 0. The molecule has 0 N–H and O–H groups in total. The molecular weight excluding hydrogens is 491 g/mol. The molecule has 1 unspecified atom stereocenters. The van der Waals surface area contributed by atoms with E-state index in [4.69, 9.17) is 0 Å². The molecule has 0 saturated heterocycles. The monoisotopic (exact) mass is 516 g/mol. The molecule has 194 valence electrons. The van der Waals surface area contributed by atoms with Gasteiger partial charge < -0.3 is 4.74 Å². The Labute approximate surface area is 211 Å². The minimum atomic E-state index is -4.59. The standard InChI is InChI=1S/C28H25F5N2O2/c1-17-10-12-20(13-11-17)35-22(18-6-4-7-21(14-18)37-26(29)30)15-19(25(35)36)16-27(2,3)23-8-5-9-24(34-23)28(31,32)33/h4-15,22,26H,16H2,1-3H3. The zero-order valence-corrected chi connectivity index (χ0v) is 20.4. The van der Waals surface area contributed by atoms with E-state index in [1.165, 1.54) is 24.3 Å². The Morgan fingerprint density at radius 3 is 2.27 bits per heavy atom. The third-order valence-corrected chi connectivity index (χ3v) is 6.23. The molecule has 9 heteroatoms. The number of alkyl halides is 5. The zero-order chi connectivity index (χ0) is 27.0. The van der Waals surface area contributed by atoms with Gasteiger partial charge in [0.1, 0.15) is 11.4 Å². The number of aryl methyl sites for hydroxylation is 1. The summed E-state index contributed by atoms with van der Waals surface area (Å²) in [6.07, 6.45) is -2.75. The number of carbonyl (C=O) groups is 1. The molecule has 37 heavy (non-hydrogen) atoms. The maximum absolute atomic E-state index is 13.7. The minimum absolute atomic E-state index is 0.0425. The van der Waals surface area contributed by atoms with Crippen molar-refractivity contribution in [3.63, 3.8) is 0 Å². The van der Waals surface area contributed by atoms with Crippen molar-refractivity contribution in [2.24, 2.45) is 0 Å². The van der Waals surface area contributed by atoms with E-state index in [-0.39, 0.29) is 23.8 Å². The number of nitrogens with zero attached hydrogens (tertiary/aromatic N) is 2. The molecule has 1 aromatic heterocycles. The van der Waals surface area contributed by atoms with Crippen LogP contribution in [-0.4, -0.2) is 17.5 Å². The summed E-state index contributed by atoms with van der Waals surface area (Å²) < 4.78 is 69.9. The maximum atomic E-state index is 13.7. The number of halogens is 5. The summed E-state index contributed by atoms with van der Waals surface area (Å²) in [7, 11) is 0. The van der Waals surface area contributed by atoms with Crippen molar-refractivity contribution in [3.8, 4) is 5.75 Å². The van der Waals surface area contributed by atoms with Gasteiger partial charge in [-0.15, -0.1) is 0 Å². The number of hydrogen-bond acceptors (Lipinski definition) is 3. The van der Waals surface area contributed by atoms with Crippen molar-refractivity contribution in [1.82, 2.24) is 4.98 Å². The second-order valence-electron chi connectivity index (χ2n) is 9.56. The van der Waals surface area contributed by atoms with E-state index < -0.39 is 29.9 Å². The van der Waals surface area contributed by atoms with Gasteiger partial charge >= 0.3 is 12.8 Å². The second-order valence-corrected chi connectivity index (χ2v) is 9.56. The fourth-order valence-corrected chi connectivity index (χ4v) is 4.39. The molecule has 0 bridgehead atoms. The minimum Gasteiger partial charge on any atom is -0.435 e. The average molecular weight is 517 g/mol. The second kappa shape index (κ2) is 9.95. The highest BCUT2D eigenvalue weighted by Gasteiger charge is 2.39. The van der Waals surface area contributed by atoms with E-state index in [0.717, 1.165) is 11.6 Å². The largest absolute Gasteiger partial charge is 0.435 e. The maximum Gasteiger partial charge on any atom is 0.433 e. The number of rotatable bonds is 7. The average Bonchev–Trinajstić information content (AvgIpc) is 3.14. The summed E-state index contributed by atoms with van der Waals surface area (Å²) in [5, 5.41) is 0. The third kappa shape index (κ3) is 5.81. The number of carbonyl (C=O) groups excluding carboxylic acids is 1. The van der Waals surface area contributed by atoms with E-state index in [0.29, 0.717) is 16.8 Å². The normalized spacial score (nSPS) is 16.4. The van der Waals surface area contributed by atoms with Gasteiger partial charge in [-0.05, 0) is 61.4 Å². The Kier molecular flexibility index (Phi) is 7.08. The number of pyridine rings is 1. The first-order chi connectivity index (χ1) is 17.3. The van der Waals surface area contributed by atoms with Crippen LogP contribution < -0.4 is 9.64 Å². The predicted molar refractivity (Wildman–Crippen MR) is 129 cm³/mol. The lowest BCUT2D eigenvalue weighted by Crippen LogP contribution is -2.31. The molecule has 0 fully saturated rings. The van der Waals surface area contributed by atoms with Crippen LogP contribution in [0.25, 0.3) is 0 Å². The van der Waals surface area contributed by atoms with Gasteiger partial charge in [-0.25, -0.2) is 4.98 Å². The molecule has 0 aliphatic carbocycles. The topological polar surface area (TPSA) is 42.4 Å². The summed E-state index contributed by atoms with van der Waals surface area (Å²) in [4.78, 5) is 19.0. The smallest absolute Gasteiger partial charge is 0.433 e. The molecule has 1 amide bonds. The molecule has 1 aliphatic heterocycles. The molecule has 2 aromatic carbocycles. The first kappa shape index (κ1) is 26.3. The summed E-state index contributed by atoms with van der Waals surface area (Å²) in [5.41, 5.74) is 0.823. The predicted octanol–water partition coefficient (Wildman–Crippen LogP) is 7.39. The lowest BCUT2D eigenvalue weighted by molar-refractivity contribution is -0.141. The fraction of sp³-hybridized carbons (Fsp3) is 0.286. The van der Waals surface area contributed by atoms with Crippen molar-refractivity contribution in [2.75, 3.05) is 4.90 Å². The highest BCUT2D eigenvalue weighted by Crippen LogP contribution is 2.41. The fourth-order valence-electron chi connectivity index (χ4n) is 4.39. The van der Waals surface area contributed by atoms with Crippen LogP contribution in [0, 0.1) is 6.92 Å². The van der Waals surface area contributed by atoms with Crippen molar-refractivity contribution >= 4 is 11.6 Å². The highest BCUT2D eigenvalue weighted by molar-refractivity contribution is 6.09. The summed E-state index contributed by atoms with van der Waals surface area (Å²) in [5.74, 6) is -0.367. The van der Waals surface area contributed by atoms with Gasteiger partial charge in [-0.2, -0.15) is 22.0 Å².